The first-order valence-corrected chi connectivity index (χ1v) is 7.85. The molecule has 112 valence electrons. The lowest BCUT2D eigenvalue weighted by Gasteiger charge is -2.44. The minimum absolute atomic E-state index is 0.149. The summed E-state index contributed by atoms with van der Waals surface area (Å²) < 4.78 is 4.85. The van der Waals surface area contributed by atoms with Gasteiger partial charge in [0.25, 0.3) is 0 Å². The molecule has 2 aliphatic rings. The Morgan fingerprint density at radius 3 is 2.90 bits per heavy atom. The number of hydrogen-bond donors (Lipinski definition) is 1. The monoisotopic (exact) mass is 278 g/mol. The zero-order chi connectivity index (χ0) is 14.8. The average Bonchev–Trinajstić information content (AvgIpc) is 2.75. The highest BCUT2D eigenvalue weighted by Gasteiger charge is 2.52. The van der Waals surface area contributed by atoms with Gasteiger partial charge >= 0.3 is 5.97 Å². The van der Waals surface area contributed by atoms with Crippen molar-refractivity contribution in [3.63, 3.8) is 0 Å². The molecule has 20 heavy (non-hydrogen) atoms. The van der Waals surface area contributed by atoms with Crippen molar-refractivity contribution in [2.45, 2.75) is 59.0 Å². The summed E-state index contributed by atoms with van der Waals surface area (Å²) in [5.74, 6) is 6.33. The highest BCUT2D eigenvalue weighted by molar-refractivity contribution is 5.88. The molecular weight excluding hydrogens is 252 g/mol. The van der Waals surface area contributed by atoms with Gasteiger partial charge in [0, 0.05) is 11.8 Å². The Labute approximate surface area is 122 Å². The van der Waals surface area contributed by atoms with Crippen LogP contribution < -0.4 is 0 Å². The van der Waals surface area contributed by atoms with Gasteiger partial charge in [-0.15, -0.1) is 0 Å². The molecule has 0 aliphatic heterocycles. The number of ether oxygens (including phenoxy) is 1. The number of aliphatic hydroxyl groups excluding tert-OH is 1. The summed E-state index contributed by atoms with van der Waals surface area (Å²) in [4.78, 5) is 11.3. The second-order valence-corrected chi connectivity index (χ2v) is 6.53. The van der Waals surface area contributed by atoms with Crippen molar-refractivity contribution in [2.75, 3.05) is 6.61 Å². The number of carbonyl (C=O) groups is 1. The maximum Gasteiger partial charge on any atom is 0.384 e. The molecule has 3 heteroatoms. The standard InChI is InChI=1S/C17H26O3/c1-4-20-16(19)10-7-12(2)13-8-9-14-15(18)6-5-11-17(13,14)3/h12-15,18H,4-6,8-9,11H2,1-3H3/t12-,13-,14+,15+,17-/m1/s1. The second kappa shape index (κ2) is 6.18. The van der Waals surface area contributed by atoms with Crippen LogP contribution in [0.25, 0.3) is 0 Å². The van der Waals surface area contributed by atoms with Gasteiger partial charge in [0.2, 0.25) is 0 Å². The van der Waals surface area contributed by atoms with Crippen LogP contribution in [0, 0.1) is 35.0 Å². The minimum Gasteiger partial charge on any atom is -0.456 e. The largest absolute Gasteiger partial charge is 0.456 e. The van der Waals surface area contributed by atoms with E-state index in [0.29, 0.717) is 18.4 Å². The predicted molar refractivity (Wildman–Crippen MR) is 77.8 cm³/mol. The molecule has 0 bridgehead atoms. The SMILES string of the molecule is CCOC(=O)C#C[C@@H](C)[C@H]1CC[C@H]2[C@@H](O)CCC[C@]12C. The fourth-order valence-electron chi connectivity index (χ4n) is 4.45. The molecule has 3 nitrogen and oxygen atoms in total. The molecule has 1 N–H and O–H groups in total. The van der Waals surface area contributed by atoms with Gasteiger partial charge in [-0.1, -0.05) is 26.2 Å². The molecule has 0 unspecified atom stereocenters. The third kappa shape index (κ3) is 2.86. The molecule has 2 saturated carbocycles. The molecule has 2 aliphatic carbocycles. The van der Waals surface area contributed by atoms with Crippen molar-refractivity contribution >= 4 is 5.97 Å². The number of carbonyl (C=O) groups excluding carboxylic acids is 1. The van der Waals surface area contributed by atoms with Gasteiger partial charge in [0.15, 0.2) is 0 Å². The number of esters is 1. The van der Waals surface area contributed by atoms with Crippen molar-refractivity contribution in [2.24, 2.45) is 23.2 Å². The van der Waals surface area contributed by atoms with E-state index in [-0.39, 0.29) is 17.4 Å². The van der Waals surface area contributed by atoms with Crippen LogP contribution in [-0.4, -0.2) is 23.8 Å². The fourth-order valence-corrected chi connectivity index (χ4v) is 4.45. The smallest absolute Gasteiger partial charge is 0.384 e. The summed E-state index contributed by atoms with van der Waals surface area (Å²) in [5, 5.41) is 10.2. The summed E-state index contributed by atoms with van der Waals surface area (Å²) in [5.41, 5.74) is 0.181. The highest BCUT2D eigenvalue weighted by Crippen LogP contribution is 2.57. The van der Waals surface area contributed by atoms with Crippen LogP contribution in [-0.2, 0) is 9.53 Å². The third-order valence-corrected chi connectivity index (χ3v) is 5.44. The zero-order valence-electron chi connectivity index (χ0n) is 12.8. The second-order valence-electron chi connectivity index (χ2n) is 6.53. The van der Waals surface area contributed by atoms with Crippen LogP contribution in [0.15, 0.2) is 0 Å². The van der Waals surface area contributed by atoms with Crippen LogP contribution in [0.2, 0.25) is 0 Å². The quantitative estimate of drug-likeness (QED) is 0.480. The first-order chi connectivity index (χ1) is 9.49. The maximum absolute atomic E-state index is 11.3. The average molecular weight is 278 g/mol. The molecule has 0 saturated heterocycles. The van der Waals surface area contributed by atoms with Crippen LogP contribution in [0.3, 0.4) is 0 Å². The third-order valence-electron chi connectivity index (χ3n) is 5.44. The van der Waals surface area contributed by atoms with Gasteiger partial charge in [0.1, 0.15) is 0 Å². The molecule has 0 amide bonds. The molecule has 0 aromatic rings. The van der Waals surface area contributed by atoms with Gasteiger partial charge < -0.3 is 9.84 Å². The molecule has 2 fully saturated rings. The van der Waals surface area contributed by atoms with Gasteiger partial charge in [0.05, 0.1) is 12.7 Å². The van der Waals surface area contributed by atoms with Gasteiger partial charge in [-0.3, -0.25) is 0 Å². The summed E-state index contributed by atoms with van der Waals surface area (Å²) in [6.45, 7) is 6.57. The highest BCUT2D eigenvalue weighted by atomic mass is 16.5. The number of aliphatic hydroxyl groups is 1. The Morgan fingerprint density at radius 1 is 1.45 bits per heavy atom. The van der Waals surface area contributed by atoms with Crippen LogP contribution in [0.5, 0.6) is 0 Å². The molecule has 0 aromatic carbocycles. The van der Waals surface area contributed by atoms with E-state index in [1.807, 2.05) is 0 Å². The Morgan fingerprint density at radius 2 is 2.20 bits per heavy atom. The van der Waals surface area contributed by atoms with E-state index < -0.39 is 5.97 Å². The Balaban J connectivity index is 2.07. The molecule has 2 rings (SSSR count). The van der Waals surface area contributed by atoms with Crippen molar-refractivity contribution in [3.05, 3.63) is 0 Å². The number of fused-ring (bicyclic) bond motifs is 1. The molecule has 5 atom stereocenters. The summed E-state index contributed by atoms with van der Waals surface area (Å²) in [6, 6.07) is 0. The Hall–Kier alpha value is -1.01. The minimum atomic E-state index is -0.428. The van der Waals surface area contributed by atoms with Gasteiger partial charge in [-0.25, -0.2) is 4.79 Å². The van der Waals surface area contributed by atoms with E-state index in [1.165, 1.54) is 6.42 Å². The van der Waals surface area contributed by atoms with Crippen molar-refractivity contribution in [1.29, 1.82) is 0 Å². The van der Waals surface area contributed by atoms with E-state index in [1.54, 1.807) is 6.92 Å². The first-order valence-electron chi connectivity index (χ1n) is 7.85. The number of rotatable bonds is 2. The van der Waals surface area contributed by atoms with Gasteiger partial charge in [-0.05, 0) is 49.9 Å². The first kappa shape index (κ1) is 15.4. The summed E-state index contributed by atoms with van der Waals surface area (Å²) in [6.07, 6.45) is 5.26. The zero-order valence-corrected chi connectivity index (χ0v) is 12.8. The lowest BCUT2D eigenvalue weighted by Crippen LogP contribution is -2.41. The van der Waals surface area contributed by atoms with Crippen molar-refractivity contribution in [3.8, 4) is 11.8 Å². The predicted octanol–water partition coefficient (Wildman–Crippen LogP) is 2.77. The molecule has 0 heterocycles. The lowest BCUT2D eigenvalue weighted by atomic mass is 9.62. The normalized spacial score (nSPS) is 37.5. The Bertz CT molecular complexity index is 420. The van der Waals surface area contributed by atoms with E-state index >= 15 is 0 Å². The Kier molecular flexibility index (Phi) is 4.75. The van der Waals surface area contributed by atoms with E-state index in [2.05, 4.69) is 25.7 Å². The summed E-state index contributed by atoms with van der Waals surface area (Å²) >= 11 is 0. The molecule has 0 aromatic heterocycles. The lowest BCUT2D eigenvalue weighted by molar-refractivity contribution is -0.136. The van der Waals surface area contributed by atoms with E-state index in [0.717, 1.165) is 25.7 Å². The topological polar surface area (TPSA) is 46.5 Å². The van der Waals surface area contributed by atoms with E-state index in [9.17, 15) is 9.90 Å². The molecule has 0 radical (unpaired) electrons. The van der Waals surface area contributed by atoms with Crippen molar-refractivity contribution in [1.82, 2.24) is 0 Å². The van der Waals surface area contributed by atoms with Crippen LogP contribution in [0.1, 0.15) is 52.9 Å². The fraction of sp³-hybridized carbons (Fsp3) is 0.824. The number of hydrogen-bond acceptors (Lipinski definition) is 3. The van der Waals surface area contributed by atoms with Crippen molar-refractivity contribution < 1.29 is 14.6 Å². The van der Waals surface area contributed by atoms with E-state index in [4.69, 9.17) is 4.74 Å². The van der Waals surface area contributed by atoms with Crippen LogP contribution in [0.4, 0.5) is 0 Å². The maximum atomic E-state index is 11.3. The molecular formula is C17H26O3. The summed E-state index contributed by atoms with van der Waals surface area (Å²) in [7, 11) is 0. The molecule has 0 spiro atoms. The van der Waals surface area contributed by atoms with Crippen LogP contribution >= 0.6 is 0 Å². The van der Waals surface area contributed by atoms with Gasteiger partial charge in [-0.2, -0.15) is 0 Å².